The van der Waals surface area contributed by atoms with Gasteiger partial charge in [-0.05, 0) is 18.9 Å². The van der Waals surface area contributed by atoms with Gasteiger partial charge >= 0.3 is 0 Å². The topological polar surface area (TPSA) is 34.2 Å². The van der Waals surface area contributed by atoms with Crippen molar-refractivity contribution in [2.75, 3.05) is 18.5 Å². The average molecular weight is 196 g/mol. The number of anilines is 1. The van der Waals surface area contributed by atoms with E-state index in [1.54, 1.807) is 12.3 Å². The molecule has 1 aliphatic rings. The molecule has 0 amide bonds. The molecule has 1 aliphatic heterocycles. The standard InChI is InChI=1S/C10H13FN2O/c11-9-7-12-4-3-10(9)13-6-8-2-1-5-14-8/h3-4,7-8H,1-2,5-6H2,(H,12,13). The van der Waals surface area contributed by atoms with Crippen LogP contribution in [0, 0.1) is 5.82 Å². The minimum atomic E-state index is -0.314. The van der Waals surface area contributed by atoms with Crippen molar-refractivity contribution in [3.8, 4) is 0 Å². The lowest BCUT2D eigenvalue weighted by atomic mass is 10.2. The fraction of sp³-hybridized carbons (Fsp3) is 0.500. The summed E-state index contributed by atoms with van der Waals surface area (Å²) < 4.78 is 18.5. The molecule has 1 aromatic rings. The van der Waals surface area contributed by atoms with E-state index in [4.69, 9.17) is 4.74 Å². The van der Waals surface area contributed by atoms with Gasteiger partial charge in [-0.3, -0.25) is 4.98 Å². The van der Waals surface area contributed by atoms with Crippen molar-refractivity contribution < 1.29 is 9.13 Å². The minimum Gasteiger partial charge on any atom is -0.380 e. The van der Waals surface area contributed by atoms with Crippen LogP contribution in [-0.4, -0.2) is 24.2 Å². The molecular formula is C10H13FN2O. The molecule has 0 aromatic carbocycles. The average Bonchev–Trinajstić information content (AvgIpc) is 2.69. The van der Waals surface area contributed by atoms with Crippen LogP contribution in [0.1, 0.15) is 12.8 Å². The van der Waals surface area contributed by atoms with Gasteiger partial charge in [0.1, 0.15) is 0 Å². The molecule has 76 valence electrons. The molecule has 1 aromatic heterocycles. The van der Waals surface area contributed by atoms with Crippen LogP contribution in [-0.2, 0) is 4.74 Å². The molecule has 2 heterocycles. The van der Waals surface area contributed by atoms with Crippen LogP contribution in [0.4, 0.5) is 10.1 Å². The smallest absolute Gasteiger partial charge is 0.164 e. The zero-order chi connectivity index (χ0) is 9.80. The number of hydrogen-bond acceptors (Lipinski definition) is 3. The Morgan fingerprint density at radius 1 is 1.64 bits per heavy atom. The van der Waals surface area contributed by atoms with E-state index in [-0.39, 0.29) is 11.9 Å². The van der Waals surface area contributed by atoms with Gasteiger partial charge in [0.15, 0.2) is 5.82 Å². The number of hydrogen-bond donors (Lipinski definition) is 1. The van der Waals surface area contributed by atoms with Crippen LogP contribution in [0.2, 0.25) is 0 Å². The van der Waals surface area contributed by atoms with Crippen LogP contribution in [0.15, 0.2) is 18.5 Å². The van der Waals surface area contributed by atoms with E-state index in [1.807, 2.05) is 0 Å². The Kier molecular flexibility index (Phi) is 2.93. The van der Waals surface area contributed by atoms with Crippen LogP contribution in [0.25, 0.3) is 0 Å². The third-order valence-electron chi connectivity index (χ3n) is 2.32. The number of ether oxygens (including phenoxy) is 1. The first-order chi connectivity index (χ1) is 6.86. The van der Waals surface area contributed by atoms with Crippen molar-refractivity contribution >= 4 is 5.69 Å². The number of pyridine rings is 1. The Morgan fingerprint density at radius 2 is 2.57 bits per heavy atom. The molecule has 14 heavy (non-hydrogen) atoms. The van der Waals surface area contributed by atoms with Crippen LogP contribution < -0.4 is 5.32 Å². The Hall–Kier alpha value is -1.16. The van der Waals surface area contributed by atoms with Gasteiger partial charge in [-0.15, -0.1) is 0 Å². The van der Waals surface area contributed by atoms with Crippen molar-refractivity contribution in [3.63, 3.8) is 0 Å². The first-order valence-corrected chi connectivity index (χ1v) is 4.81. The van der Waals surface area contributed by atoms with E-state index >= 15 is 0 Å². The van der Waals surface area contributed by atoms with Gasteiger partial charge < -0.3 is 10.1 Å². The monoisotopic (exact) mass is 196 g/mol. The second-order valence-corrected chi connectivity index (χ2v) is 3.37. The highest BCUT2D eigenvalue weighted by molar-refractivity contribution is 5.42. The van der Waals surface area contributed by atoms with Crippen molar-refractivity contribution in [1.82, 2.24) is 4.98 Å². The molecule has 1 N–H and O–H groups in total. The predicted octanol–water partition coefficient (Wildman–Crippen LogP) is 1.81. The van der Waals surface area contributed by atoms with Gasteiger partial charge in [0.05, 0.1) is 18.0 Å². The highest BCUT2D eigenvalue weighted by Crippen LogP contribution is 2.15. The second kappa shape index (κ2) is 4.37. The van der Waals surface area contributed by atoms with E-state index in [0.717, 1.165) is 19.4 Å². The molecule has 0 aliphatic carbocycles. The third kappa shape index (κ3) is 2.20. The predicted molar refractivity (Wildman–Crippen MR) is 51.7 cm³/mol. The molecule has 2 rings (SSSR count). The molecule has 1 atom stereocenters. The van der Waals surface area contributed by atoms with E-state index in [0.29, 0.717) is 12.2 Å². The van der Waals surface area contributed by atoms with Crippen molar-refractivity contribution in [2.45, 2.75) is 18.9 Å². The summed E-state index contributed by atoms with van der Waals surface area (Å²) in [5, 5.41) is 3.01. The number of rotatable bonds is 3. The van der Waals surface area contributed by atoms with Gasteiger partial charge in [-0.25, -0.2) is 4.39 Å². The minimum absolute atomic E-state index is 0.225. The maximum Gasteiger partial charge on any atom is 0.164 e. The SMILES string of the molecule is Fc1cnccc1NCC1CCCO1. The lowest BCUT2D eigenvalue weighted by molar-refractivity contribution is 0.120. The summed E-state index contributed by atoms with van der Waals surface area (Å²) in [6, 6.07) is 1.63. The Labute approximate surface area is 82.3 Å². The van der Waals surface area contributed by atoms with E-state index in [2.05, 4.69) is 10.3 Å². The third-order valence-corrected chi connectivity index (χ3v) is 2.32. The number of nitrogens with zero attached hydrogens (tertiary/aromatic N) is 1. The summed E-state index contributed by atoms with van der Waals surface area (Å²) in [4.78, 5) is 3.68. The van der Waals surface area contributed by atoms with Gasteiger partial charge in [-0.2, -0.15) is 0 Å². The number of halogens is 1. The summed E-state index contributed by atoms with van der Waals surface area (Å²) in [6.45, 7) is 1.49. The van der Waals surface area contributed by atoms with Crippen LogP contribution in [0.3, 0.4) is 0 Å². The summed E-state index contributed by atoms with van der Waals surface area (Å²) >= 11 is 0. The highest BCUT2D eigenvalue weighted by Gasteiger charge is 2.15. The van der Waals surface area contributed by atoms with Crippen molar-refractivity contribution in [2.24, 2.45) is 0 Å². The quantitative estimate of drug-likeness (QED) is 0.800. The molecule has 0 radical (unpaired) electrons. The molecule has 0 saturated carbocycles. The number of aromatic nitrogens is 1. The van der Waals surface area contributed by atoms with Crippen LogP contribution in [0.5, 0.6) is 0 Å². The first-order valence-electron chi connectivity index (χ1n) is 4.81. The van der Waals surface area contributed by atoms with E-state index in [1.165, 1.54) is 6.20 Å². The molecule has 0 bridgehead atoms. The normalized spacial score (nSPS) is 21.1. The second-order valence-electron chi connectivity index (χ2n) is 3.37. The Morgan fingerprint density at radius 3 is 3.29 bits per heavy atom. The fourth-order valence-electron chi connectivity index (χ4n) is 1.55. The lowest BCUT2D eigenvalue weighted by Crippen LogP contribution is -2.18. The van der Waals surface area contributed by atoms with E-state index in [9.17, 15) is 4.39 Å². The largest absolute Gasteiger partial charge is 0.380 e. The van der Waals surface area contributed by atoms with Crippen LogP contribution >= 0.6 is 0 Å². The zero-order valence-corrected chi connectivity index (χ0v) is 7.87. The summed E-state index contributed by atoms with van der Waals surface area (Å²) in [6.07, 6.45) is 5.16. The van der Waals surface area contributed by atoms with Gasteiger partial charge in [0.25, 0.3) is 0 Å². The fourth-order valence-corrected chi connectivity index (χ4v) is 1.55. The van der Waals surface area contributed by atoms with Crippen molar-refractivity contribution in [3.05, 3.63) is 24.3 Å². The van der Waals surface area contributed by atoms with Crippen molar-refractivity contribution in [1.29, 1.82) is 0 Å². The highest BCUT2D eigenvalue weighted by atomic mass is 19.1. The molecule has 1 saturated heterocycles. The molecule has 1 fully saturated rings. The summed E-state index contributed by atoms with van der Waals surface area (Å²) in [5.41, 5.74) is 0.496. The van der Waals surface area contributed by atoms with E-state index < -0.39 is 0 Å². The Bertz CT molecular complexity index is 300. The maximum absolute atomic E-state index is 13.1. The summed E-state index contributed by atoms with van der Waals surface area (Å²) in [5.74, 6) is -0.314. The first kappa shape index (κ1) is 9.40. The zero-order valence-electron chi connectivity index (χ0n) is 7.87. The summed E-state index contributed by atoms with van der Waals surface area (Å²) in [7, 11) is 0. The van der Waals surface area contributed by atoms with Gasteiger partial charge in [0, 0.05) is 19.3 Å². The van der Waals surface area contributed by atoms with Gasteiger partial charge in [-0.1, -0.05) is 0 Å². The molecule has 1 unspecified atom stereocenters. The lowest BCUT2D eigenvalue weighted by Gasteiger charge is -2.11. The maximum atomic E-state index is 13.1. The van der Waals surface area contributed by atoms with Gasteiger partial charge in [0.2, 0.25) is 0 Å². The molecule has 4 heteroatoms. The molecular weight excluding hydrogens is 183 g/mol. The molecule has 3 nitrogen and oxygen atoms in total. The number of nitrogens with one attached hydrogen (secondary N) is 1. The Balaban J connectivity index is 1.88. The molecule has 0 spiro atoms.